The molecule has 0 aromatic heterocycles. The molecule has 2 aromatic rings. The van der Waals surface area contributed by atoms with Gasteiger partial charge in [0.05, 0.1) is 11.6 Å². The van der Waals surface area contributed by atoms with Crippen molar-refractivity contribution >= 4 is 5.97 Å². The van der Waals surface area contributed by atoms with Gasteiger partial charge >= 0.3 is 5.97 Å². The molecule has 0 heterocycles. The van der Waals surface area contributed by atoms with E-state index in [0.717, 1.165) is 18.2 Å². The van der Waals surface area contributed by atoms with Crippen LogP contribution in [0.15, 0.2) is 36.4 Å². The van der Waals surface area contributed by atoms with Gasteiger partial charge in [-0.25, -0.2) is 13.6 Å². The minimum absolute atomic E-state index is 0.0725. The second-order valence-electron chi connectivity index (χ2n) is 4.12. The van der Waals surface area contributed by atoms with E-state index in [2.05, 4.69) is 0 Å². The maximum absolute atomic E-state index is 13.5. The standard InChI is InChI=1S/C15H9F2NO3/c16-11-5-4-9(10(6-11)7-18)8-21-13-3-1-2-12(17)14(13)15(19)20/h1-6H,8H2,(H,19,20). The molecule has 2 rings (SSSR count). The van der Waals surface area contributed by atoms with Crippen molar-refractivity contribution < 1.29 is 23.4 Å². The number of hydrogen-bond donors (Lipinski definition) is 1. The first-order valence-electron chi connectivity index (χ1n) is 5.86. The van der Waals surface area contributed by atoms with Crippen molar-refractivity contribution in [3.8, 4) is 11.8 Å². The van der Waals surface area contributed by atoms with E-state index >= 15 is 0 Å². The minimum Gasteiger partial charge on any atom is -0.488 e. The predicted octanol–water partition coefficient (Wildman–Crippen LogP) is 3.11. The van der Waals surface area contributed by atoms with Gasteiger partial charge in [0.25, 0.3) is 0 Å². The summed E-state index contributed by atoms with van der Waals surface area (Å²) in [6.45, 7) is -0.174. The van der Waals surface area contributed by atoms with Crippen molar-refractivity contribution in [3.63, 3.8) is 0 Å². The molecule has 0 bridgehead atoms. The molecule has 4 nitrogen and oxygen atoms in total. The van der Waals surface area contributed by atoms with Gasteiger partial charge in [0, 0.05) is 5.56 Å². The Kier molecular flexibility index (Phi) is 4.14. The number of nitrogens with zero attached hydrogens (tertiary/aromatic N) is 1. The van der Waals surface area contributed by atoms with E-state index in [4.69, 9.17) is 15.1 Å². The monoisotopic (exact) mass is 289 g/mol. The summed E-state index contributed by atoms with van der Waals surface area (Å²) >= 11 is 0. The second kappa shape index (κ2) is 6.01. The van der Waals surface area contributed by atoms with Crippen LogP contribution in [0.1, 0.15) is 21.5 Å². The van der Waals surface area contributed by atoms with Gasteiger partial charge in [0.1, 0.15) is 29.6 Å². The highest BCUT2D eigenvalue weighted by atomic mass is 19.1. The SMILES string of the molecule is N#Cc1cc(F)ccc1COc1cccc(F)c1C(=O)O. The van der Waals surface area contributed by atoms with Gasteiger partial charge in [-0.05, 0) is 24.3 Å². The molecule has 0 aliphatic carbocycles. The number of rotatable bonds is 4. The van der Waals surface area contributed by atoms with Crippen LogP contribution >= 0.6 is 0 Å². The number of halogens is 2. The summed E-state index contributed by atoms with van der Waals surface area (Å²) in [7, 11) is 0. The first-order chi connectivity index (χ1) is 10.0. The Hall–Kier alpha value is -2.94. The molecule has 1 N–H and O–H groups in total. The Morgan fingerprint density at radius 2 is 2.05 bits per heavy atom. The Labute approximate surface area is 118 Å². The van der Waals surface area contributed by atoms with Crippen LogP contribution < -0.4 is 4.74 Å². The van der Waals surface area contributed by atoms with Gasteiger partial charge in [-0.1, -0.05) is 12.1 Å². The van der Waals surface area contributed by atoms with Gasteiger partial charge in [0.15, 0.2) is 0 Å². The molecule has 0 amide bonds. The molecule has 0 aliphatic rings. The van der Waals surface area contributed by atoms with E-state index < -0.39 is 23.2 Å². The van der Waals surface area contributed by atoms with Gasteiger partial charge in [0.2, 0.25) is 0 Å². The minimum atomic E-state index is -1.46. The molecule has 0 unspecified atom stereocenters. The van der Waals surface area contributed by atoms with E-state index in [1.807, 2.05) is 6.07 Å². The molecule has 6 heteroatoms. The molecular weight excluding hydrogens is 280 g/mol. The highest BCUT2D eigenvalue weighted by molar-refractivity contribution is 5.91. The lowest BCUT2D eigenvalue weighted by molar-refractivity contribution is 0.0686. The van der Waals surface area contributed by atoms with Crippen LogP contribution in [0, 0.1) is 23.0 Å². The third kappa shape index (κ3) is 3.15. The van der Waals surface area contributed by atoms with Crippen molar-refractivity contribution in [2.24, 2.45) is 0 Å². The number of aromatic carboxylic acids is 1. The van der Waals surface area contributed by atoms with Crippen molar-refractivity contribution in [3.05, 3.63) is 64.7 Å². The van der Waals surface area contributed by atoms with Crippen molar-refractivity contribution in [1.29, 1.82) is 5.26 Å². The Bertz CT molecular complexity index is 738. The quantitative estimate of drug-likeness (QED) is 0.938. The average molecular weight is 289 g/mol. The fraction of sp³-hybridized carbons (Fsp3) is 0.0667. The van der Waals surface area contributed by atoms with Crippen LogP contribution in [0.3, 0.4) is 0 Å². The van der Waals surface area contributed by atoms with Crippen LogP contribution in [0.25, 0.3) is 0 Å². The Morgan fingerprint density at radius 3 is 2.71 bits per heavy atom. The van der Waals surface area contributed by atoms with Crippen LogP contribution in [0.2, 0.25) is 0 Å². The highest BCUT2D eigenvalue weighted by Gasteiger charge is 2.17. The van der Waals surface area contributed by atoms with Gasteiger partial charge in [-0.15, -0.1) is 0 Å². The molecule has 0 atom stereocenters. The summed E-state index contributed by atoms with van der Waals surface area (Å²) in [4.78, 5) is 11.0. The third-order valence-electron chi connectivity index (χ3n) is 2.76. The lowest BCUT2D eigenvalue weighted by Crippen LogP contribution is -2.06. The van der Waals surface area contributed by atoms with Crippen molar-refractivity contribution in [2.75, 3.05) is 0 Å². The van der Waals surface area contributed by atoms with Crippen LogP contribution in [0.4, 0.5) is 8.78 Å². The van der Waals surface area contributed by atoms with Crippen LogP contribution in [0.5, 0.6) is 5.75 Å². The van der Waals surface area contributed by atoms with Gasteiger partial charge < -0.3 is 9.84 Å². The van der Waals surface area contributed by atoms with Crippen LogP contribution in [-0.2, 0) is 6.61 Å². The predicted molar refractivity (Wildman–Crippen MR) is 68.8 cm³/mol. The third-order valence-corrected chi connectivity index (χ3v) is 2.76. The largest absolute Gasteiger partial charge is 0.488 e. The fourth-order valence-electron chi connectivity index (χ4n) is 1.77. The number of benzene rings is 2. The summed E-state index contributed by atoms with van der Waals surface area (Å²) in [6.07, 6.45) is 0. The first kappa shape index (κ1) is 14.5. The number of carbonyl (C=O) groups is 1. The number of carboxylic acid groups (broad SMARTS) is 1. The number of ether oxygens (including phenoxy) is 1. The summed E-state index contributed by atoms with van der Waals surface area (Å²) in [5, 5.41) is 17.9. The molecule has 21 heavy (non-hydrogen) atoms. The lowest BCUT2D eigenvalue weighted by Gasteiger charge is -2.10. The second-order valence-corrected chi connectivity index (χ2v) is 4.12. The molecular formula is C15H9F2NO3. The summed E-state index contributed by atoms with van der Waals surface area (Å²) in [5.41, 5.74) is -0.138. The summed E-state index contributed by atoms with van der Waals surface area (Å²) < 4.78 is 31.7. The molecule has 0 fully saturated rings. The molecule has 0 saturated carbocycles. The lowest BCUT2D eigenvalue weighted by atomic mass is 10.1. The maximum atomic E-state index is 13.5. The smallest absolute Gasteiger partial charge is 0.342 e. The number of carboxylic acids is 1. The van der Waals surface area contributed by atoms with E-state index in [0.29, 0.717) is 5.56 Å². The van der Waals surface area contributed by atoms with E-state index in [1.54, 1.807) is 0 Å². The molecule has 0 saturated heterocycles. The zero-order chi connectivity index (χ0) is 15.4. The summed E-state index contributed by atoms with van der Waals surface area (Å²) in [5.74, 6) is -3.09. The van der Waals surface area contributed by atoms with Gasteiger partial charge in [-0.3, -0.25) is 0 Å². The maximum Gasteiger partial charge on any atom is 0.342 e. The zero-order valence-corrected chi connectivity index (χ0v) is 10.6. The average Bonchev–Trinajstić information content (AvgIpc) is 2.45. The summed E-state index contributed by atoms with van der Waals surface area (Å²) in [6, 6.07) is 8.99. The molecule has 0 spiro atoms. The Balaban J connectivity index is 2.28. The van der Waals surface area contributed by atoms with Gasteiger partial charge in [-0.2, -0.15) is 5.26 Å². The molecule has 106 valence electrons. The topological polar surface area (TPSA) is 70.3 Å². The number of nitriles is 1. The van der Waals surface area contributed by atoms with E-state index in [-0.39, 0.29) is 17.9 Å². The number of hydrogen-bond acceptors (Lipinski definition) is 3. The first-order valence-corrected chi connectivity index (χ1v) is 5.86. The molecule has 0 aliphatic heterocycles. The van der Waals surface area contributed by atoms with E-state index in [9.17, 15) is 13.6 Å². The fourth-order valence-corrected chi connectivity index (χ4v) is 1.77. The van der Waals surface area contributed by atoms with Crippen molar-refractivity contribution in [1.82, 2.24) is 0 Å². The Morgan fingerprint density at radius 1 is 1.29 bits per heavy atom. The highest BCUT2D eigenvalue weighted by Crippen LogP contribution is 2.23. The van der Waals surface area contributed by atoms with Crippen molar-refractivity contribution in [2.45, 2.75) is 6.61 Å². The normalized spacial score (nSPS) is 9.95. The molecule has 2 aromatic carbocycles. The van der Waals surface area contributed by atoms with Crippen LogP contribution in [-0.4, -0.2) is 11.1 Å². The van der Waals surface area contributed by atoms with E-state index in [1.165, 1.54) is 18.2 Å². The zero-order valence-electron chi connectivity index (χ0n) is 10.6. The molecule has 0 radical (unpaired) electrons.